The van der Waals surface area contributed by atoms with Gasteiger partial charge in [0, 0.05) is 11.1 Å². The van der Waals surface area contributed by atoms with Crippen molar-refractivity contribution in [3.05, 3.63) is 40.4 Å². The average molecular weight is 246 g/mol. The Balaban J connectivity index is 2.58. The Morgan fingerprint density at radius 2 is 1.89 bits per heavy atom. The first-order valence-corrected chi connectivity index (χ1v) is 5.44. The van der Waals surface area contributed by atoms with Crippen LogP contribution < -0.4 is 15.0 Å². The minimum atomic E-state index is -0.144. The number of nitrogens with zero attached hydrogens (tertiary/aromatic N) is 1. The van der Waals surface area contributed by atoms with E-state index in [-0.39, 0.29) is 5.56 Å². The van der Waals surface area contributed by atoms with Gasteiger partial charge in [-0.05, 0) is 25.1 Å². The van der Waals surface area contributed by atoms with Crippen molar-refractivity contribution >= 4 is 0 Å². The molecule has 0 radical (unpaired) electrons. The van der Waals surface area contributed by atoms with Gasteiger partial charge >= 0.3 is 0 Å². The predicted molar refractivity (Wildman–Crippen MR) is 68.1 cm³/mol. The molecule has 1 aromatic carbocycles. The molecule has 2 rings (SSSR count). The van der Waals surface area contributed by atoms with Gasteiger partial charge in [-0.25, -0.2) is 4.98 Å². The molecule has 0 spiro atoms. The zero-order chi connectivity index (χ0) is 13.1. The minimum absolute atomic E-state index is 0.144. The summed E-state index contributed by atoms with van der Waals surface area (Å²) in [6.07, 6.45) is 1.39. The van der Waals surface area contributed by atoms with E-state index in [9.17, 15) is 4.79 Å². The van der Waals surface area contributed by atoms with Crippen LogP contribution in [0, 0.1) is 6.92 Å². The van der Waals surface area contributed by atoms with Gasteiger partial charge in [-0.3, -0.25) is 4.79 Å². The monoisotopic (exact) mass is 246 g/mol. The number of nitrogens with one attached hydrogen (secondary N) is 1. The summed E-state index contributed by atoms with van der Waals surface area (Å²) in [5, 5.41) is 0. The van der Waals surface area contributed by atoms with Crippen molar-refractivity contribution in [1.82, 2.24) is 9.97 Å². The number of methoxy groups -OCH3 is 2. The first kappa shape index (κ1) is 12.2. The third-order valence-corrected chi connectivity index (χ3v) is 2.74. The molecular weight excluding hydrogens is 232 g/mol. The molecule has 0 atom stereocenters. The van der Waals surface area contributed by atoms with Crippen molar-refractivity contribution in [2.24, 2.45) is 0 Å². The molecule has 1 heterocycles. The van der Waals surface area contributed by atoms with Crippen LogP contribution in [0.5, 0.6) is 11.5 Å². The molecule has 0 amide bonds. The van der Waals surface area contributed by atoms with E-state index in [1.165, 1.54) is 6.33 Å². The maximum Gasteiger partial charge on any atom is 0.254 e. The molecule has 1 N–H and O–H groups in total. The third kappa shape index (κ3) is 2.07. The molecule has 0 aliphatic carbocycles. The maximum atomic E-state index is 11.5. The SMILES string of the molecule is COc1ccc(-c2nc[nH]c(=O)c2C)cc1OC. The van der Waals surface area contributed by atoms with Gasteiger partial charge < -0.3 is 14.5 Å². The van der Waals surface area contributed by atoms with Gasteiger partial charge in [0.15, 0.2) is 11.5 Å². The van der Waals surface area contributed by atoms with Crippen molar-refractivity contribution in [2.75, 3.05) is 14.2 Å². The van der Waals surface area contributed by atoms with Crippen LogP contribution in [0.1, 0.15) is 5.56 Å². The Morgan fingerprint density at radius 1 is 1.17 bits per heavy atom. The van der Waals surface area contributed by atoms with E-state index < -0.39 is 0 Å². The molecule has 0 fully saturated rings. The molecule has 0 unspecified atom stereocenters. The lowest BCUT2D eigenvalue weighted by atomic mass is 10.1. The third-order valence-electron chi connectivity index (χ3n) is 2.74. The highest BCUT2D eigenvalue weighted by Crippen LogP contribution is 2.31. The van der Waals surface area contributed by atoms with Crippen LogP contribution in [0.2, 0.25) is 0 Å². The maximum absolute atomic E-state index is 11.5. The summed E-state index contributed by atoms with van der Waals surface area (Å²) in [6, 6.07) is 5.43. The van der Waals surface area contributed by atoms with Crippen molar-refractivity contribution in [3.8, 4) is 22.8 Å². The highest BCUT2D eigenvalue weighted by Gasteiger charge is 2.10. The van der Waals surface area contributed by atoms with Crippen LogP contribution in [0.4, 0.5) is 0 Å². The quantitative estimate of drug-likeness (QED) is 0.896. The van der Waals surface area contributed by atoms with E-state index in [0.717, 1.165) is 5.56 Å². The summed E-state index contributed by atoms with van der Waals surface area (Å²) < 4.78 is 10.4. The number of aromatic amines is 1. The fourth-order valence-electron chi connectivity index (χ4n) is 1.74. The summed E-state index contributed by atoms with van der Waals surface area (Å²) >= 11 is 0. The number of aromatic nitrogens is 2. The van der Waals surface area contributed by atoms with Crippen LogP contribution >= 0.6 is 0 Å². The van der Waals surface area contributed by atoms with Crippen molar-refractivity contribution < 1.29 is 9.47 Å². The number of hydrogen-bond donors (Lipinski definition) is 1. The molecule has 1 aromatic heterocycles. The molecule has 0 aliphatic rings. The Morgan fingerprint density at radius 3 is 2.56 bits per heavy atom. The van der Waals surface area contributed by atoms with Crippen LogP contribution in [0.3, 0.4) is 0 Å². The van der Waals surface area contributed by atoms with Gasteiger partial charge in [-0.1, -0.05) is 0 Å². The summed E-state index contributed by atoms with van der Waals surface area (Å²) in [5.41, 5.74) is 1.88. The average Bonchev–Trinajstić information content (AvgIpc) is 2.41. The first-order valence-electron chi connectivity index (χ1n) is 5.44. The molecule has 0 bridgehead atoms. The van der Waals surface area contributed by atoms with Crippen LogP contribution in [0.15, 0.2) is 29.3 Å². The smallest absolute Gasteiger partial charge is 0.254 e. The van der Waals surface area contributed by atoms with Crippen molar-refractivity contribution in [1.29, 1.82) is 0 Å². The molecule has 18 heavy (non-hydrogen) atoms. The van der Waals surface area contributed by atoms with E-state index in [1.54, 1.807) is 33.3 Å². The van der Waals surface area contributed by atoms with E-state index in [0.29, 0.717) is 22.8 Å². The lowest BCUT2D eigenvalue weighted by Crippen LogP contribution is -2.11. The summed E-state index contributed by atoms with van der Waals surface area (Å²) in [6.45, 7) is 1.73. The number of rotatable bonds is 3. The van der Waals surface area contributed by atoms with Gasteiger partial charge in [0.1, 0.15) is 0 Å². The van der Waals surface area contributed by atoms with E-state index >= 15 is 0 Å². The van der Waals surface area contributed by atoms with Gasteiger partial charge in [-0.15, -0.1) is 0 Å². The fourth-order valence-corrected chi connectivity index (χ4v) is 1.74. The fraction of sp³-hybridized carbons (Fsp3) is 0.231. The number of H-pyrrole nitrogens is 1. The molecule has 5 nitrogen and oxygen atoms in total. The second kappa shape index (κ2) is 4.91. The summed E-state index contributed by atoms with van der Waals surface area (Å²) in [7, 11) is 3.15. The van der Waals surface area contributed by atoms with Gasteiger partial charge in [0.25, 0.3) is 5.56 Å². The highest BCUT2D eigenvalue weighted by molar-refractivity contribution is 5.66. The lowest BCUT2D eigenvalue weighted by molar-refractivity contribution is 0.355. The topological polar surface area (TPSA) is 64.2 Å². The molecule has 0 aliphatic heterocycles. The molecule has 5 heteroatoms. The Labute approximate surface area is 104 Å². The van der Waals surface area contributed by atoms with E-state index in [2.05, 4.69) is 9.97 Å². The highest BCUT2D eigenvalue weighted by atomic mass is 16.5. The van der Waals surface area contributed by atoms with Crippen molar-refractivity contribution in [2.45, 2.75) is 6.92 Å². The normalized spacial score (nSPS) is 10.2. The Hall–Kier alpha value is -2.30. The summed E-state index contributed by atoms with van der Waals surface area (Å²) in [5.74, 6) is 1.25. The standard InChI is InChI=1S/C13H14N2O3/c1-8-12(14-7-15-13(8)16)9-4-5-10(17-2)11(6-9)18-3/h4-7H,1-3H3,(H,14,15,16). The van der Waals surface area contributed by atoms with Gasteiger partial charge in [-0.2, -0.15) is 0 Å². The molecule has 0 saturated heterocycles. The second-order valence-electron chi connectivity index (χ2n) is 3.78. The number of hydrogen-bond acceptors (Lipinski definition) is 4. The number of benzene rings is 1. The second-order valence-corrected chi connectivity index (χ2v) is 3.78. The minimum Gasteiger partial charge on any atom is -0.493 e. The molecule has 2 aromatic rings. The zero-order valence-corrected chi connectivity index (χ0v) is 10.5. The van der Waals surface area contributed by atoms with E-state index in [4.69, 9.17) is 9.47 Å². The zero-order valence-electron chi connectivity index (χ0n) is 10.5. The van der Waals surface area contributed by atoms with Crippen LogP contribution in [0.25, 0.3) is 11.3 Å². The predicted octanol–water partition coefficient (Wildman–Crippen LogP) is 1.76. The molecular formula is C13H14N2O3. The van der Waals surface area contributed by atoms with Crippen LogP contribution in [-0.4, -0.2) is 24.2 Å². The van der Waals surface area contributed by atoms with Gasteiger partial charge in [0.2, 0.25) is 0 Å². The van der Waals surface area contributed by atoms with Gasteiger partial charge in [0.05, 0.1) is 26.2 Å². The Bertz CT molecular complexity index is 620. The molecule has 94 valence electrons. The first-order chi connectivity index (χ1) is 8.67. The summed E-state index contributed by atoms with van der Waals surface area (Å²) in [4.78, 5) is 18.3. The lowest BCUT2D eigenvalue weighted by Gasteiger charge is -2.10. The number of ether oxygens (including phenoxy) is 2. The molecule has 0 saturated carbocycles. The van der Waals surface area contributed by atoms with Crippen LogP contribution in [-0.2, 0) is 0 Å². The largest absolute Gasteiger partial charge is 0.493 e. The van der Waals surface area contributed by atoms with Crippen molar-refractivity contribution in [3.63, 3.8) is 0 Å². The Kier molecular flexibility index (Phi) is 3.32. The van der Waals surface area contributed by atoms with E-state index in [1.807, 2.05) is 6.07 Å².